The van der Waals surface area contributed by atoms with E-state index in [1.165, 1.54) is 11.3 Å². The van der Waals surface area contributed by atoms with Crippen LogP contribution in [0.3, 0.4) is 0 Å². The number of carbonyl (C=O) groups is 1. The highest BCUT2D eigenvalue weighted by atomic mass is 35.5. The van der Waals surface area contributed by atoms with Crippen molar-refractivity contribution >= 4 is 39.5 Å². The van der Waals surface area contributed by atoms with E-state index >= 15 is 0 Å². The molecular weight excluding hydrogens is 374 g/mol. The van der Waals surface area contributed by atoms with Gasteiger partial charge in [0.2, 0.25) is 4.96 Å². The molecule has 0 atom stereocenters. The summed E-state index contributed by atoms with van der Waals surface area (Å²) in [7, 11) is 0. The van der Waals surface area contributed by atoms with Gasteiger partial charge in [0.25, 0.3) is 5.91 Å². The molecule has 4 aromatic rings. The molecule has 4 rings (SSSR count). The highest BCUT2D eigenvalue weighted by Crippen LogP contribution is 2.26. The van der Waals surface area contributed by atoms with Crippen molar-refractivity contribution in [1.29, 1.82) is 0 Å². The largest absolute Gasteiger partial charge is 0.482 e. The van der Waals surface area contributed by atoms with Crippen LogP contribution in [0, 0.1) is 0 Å². The van der Waals surface area contributed by atoms with Crippen molar-refractivity contribution in [2.75, 3.05) is 11.9 Å². The molecule has 2 aromatic heterocycles. The van der Waals surface area contributed by atoms with Crippen LogP contribution in [-0.2, 0) is 4.79 Å². The van der Waals surface area contributed by atoms with E-state index in [2.05, 4.69) is 20.6 Å². The average Bonchev–Trinajstić information content (AvgIpc) is 3.24. The van der Waals surface area contributed by atoms with Crippen molar-refractivity contribution in [3.05, 3.63) is 59.9 Å². The Morgan fingerprint density at radius 1 is 1.19 bits per heavy atom. The summed E-state index contributed by atoms with van der Waals surface area (Å²) in [6.07, 6.45) is 1.56. The van der Waals surface area contributed by atoms with Crippen LogP contribution in [0.1, 0.15) is 0 Å². The molecule has 130 valence electrons. The van der Waals surface area contributed by atoms with Gasteiger partial charge in [0.1, 0.15) is 17.1 Å². The second kappa shape index (κ2) is 7.11. The minimum absolute atomic E-state index is 0.123. The van der Waals surface area contributed by atoms with Gasteiger partial charge in [-0.3, -0.25) is 4.79 Å². The Morgan fingerprint density at radius 3 is 2.77 bits per heavy atom. The maximum absolute atomic E-state index is 12.0. The molecular formula is C17H12ClN5O2S. The predicted molar refractivity (Wildman–Crippen MR) is 99.7 cm³/mol. The first-order chi connectivity index (χ1) is 12.7. The zero-order valence-corrected chi connectivity index (χ0v) is 14.9. The number of rotatable bonds is 5. The van der Waals surface area contributed by atoms with Crippen molar-refractivity contribution in [3.63, 3.8) is 0 Å². The zero-order valence-electron chi connectivity index (χ0n) is 13.3. The van der Waals surface area contributed by atoms with E-state index in [-0.39, 0.29) is 12.5 Å². The van der Waals surface area contributed by atoms with Gasteiger partial charge in [0.05, 0.1) is 5.02 Å². The van der Waals surface area contributed by atoms with Gasteiger partial charge in [0, 0.05) is 11.3 Å². The Kier molecular flexibility index (Phi) is 4.51. The fourth-order valence-electron chi connectivity index (χ4n) is 2.27. The lowest BCUT2D eigenvalue weighted by Gasteiger charge is -2.09. The predicted octanol–water partition coefficient (Wildman–Crippen LogP) is 3.52. The van der Waals surface area contributed by atoms with Crippen LogP contribution >= 0.6 is 22.9 Å². The number of anilines is 1. The van der Waals surface area contributed by atoms with Gasteiger partial charge in [-0.2, -0.15) is 9.61 Å². The number of benzene rings is 2. The summed E-state index contributed by atoms with van der Waals surface area (Å²) in [5, 5.41) is 16.2. The minimum atomic E-state index is -0.267. The number of carbonyl (C=O) groups excluding carboxylic acids is 1. The number of halogens is 1. The fraction of sp³-hybridized carbons (Fsp3) is 0.0588. The lowest BCUT2D eigenvalue weighted by Crippen LogP contribution is -2.20. The summed E-state index contributed by atoms with van der Waals surface area (Å²) in [4.78, 5) is 12.8. The fourth-order valence-corrected chi connectivity index (χ4v) is 3.29. The lowest BCUT2D eigenvalue weighted by molar-refractivity contribution is -0.118. The first kappa shape index (κ1) is 16.5. The number of nitrogens with one attached hydrogen (secondary N) is 1. The monoisotopic (exact) mass is 385 g/mol. The Morgan fingerprint density at radius 2 is 2.00 bits per heavy atom. The van der Waals surface area contributed by atoms with Crippen molar-refractivity contribution in [2.24, 2.45) is 0 Å². The second-order valence-electron chi connectivity index (χ2n) is 5.31. The summed E-state index contributed by atoms with van der Waals surface area (Å²) in [6.45, 7) is -0.123. The Hall–Kier alpha value is -2.97. The minimum Gasteiger partial charge on any atom is -0.482 e. The quantitative estimate of drug-likeness (QED) is 0.568. The third-order valence-corrected chi connectivity index (χ3v) is 4.77. The zero-order chi connectivity index (χ0) is 17.9. The molecule has 2 heterocycles. The molecule has 1 amide bonds. The molecule has 0 bridgehead atoms. The molecule has 0 spiro atoms. The number of hydrogen-bond acceptors (Lipinski definition) is 6. The van der Waals surface area contributed by atoms with E-state index < -0.39 is 0 Å². The summed E-state index contributed by atoms with van der Waals surface area (Å²) >= 11 is 7.44. The number of hydrogen-bond donors (Lipinski definition) is 1. The first-order valence-electron chi connectivity index (χ1n) is 7.63. The molecule has 0 fully saturated rings. The van der Waals surface area contributed by atoms with Crippen LogP contribution in [0.15, 0.2) is 54.9 Å². The first-order valence-corrected chi connectivity index (χ1v) is 8.83. The smallest absolute Gasteiger partial charge is 0.262 e. The van der Waals surface area contributed by atoms with Crippen LogP contribution in [0.4, 0.5) is 5.69 Å². The molecule has 9 heteroatoms. The number of amides is 1. The van der Waals surface area contributed by atoms with Crippen LogP contribution in [0.2, 0.25) is 5.02 Å². The SMILES string of the molecule is O=C(COc1ccccc1Cl)Nc1ccc(-c2nn3cnnc3s2)cc1. The molecule has 0 aliphatic heterocycles. The number of fused-ring (bicyclic) bond motifs is 1. The van der Waals surface area contributed by atoms with Crippen LogP contribution in [-0.4, -0.2) is 32.3 Å². The normalized spacial score (nSPS) is 10.8. The van der Waals surface area contributed by atoms with E-state index in [9.17, 15) is 4.79 Å². The molecule has 0 aliphatic carbocycles. The van der Waals surface area contributed by atoms with E-state index in [1.54, 1.807) is 35.1 Å². The number of ether oxygens (including phenoxy) is 1. The molecule has 7 nitrogen and oxygen atoms in total. The van der Waals surface area contributed by atoms with Crippen molar-refractivity contribution in [2.45, 2.75) is 0 Å². The number of nitrogens with zero attached hydrogens (tertiary/aromatic N) is 4. The van der Waals surface area contributed by atoms with Crippen LogP contribution in [0.25, 0.3) is 15.5 Å². The van der Waals surface area contributed by atoms with Gasteiger partial charge in [-0.15, -0.1) is 10.2 Å². The van der Waals surface area contributed by atoms with Gasteiger partial charge >= 0.3 is 0 Å². The Labute approximate surface area is 157 Å². The van der Waals surface area contributed by atoms with Crippen molar-refractivity contribution < 1.29 is 9.53 Å². The topological polar surface area (TPSA) is 81.4 Å². The Bertz CT molecular complexity index is 1030. The van der Waals surface area contributed by atoms with E-state index in [1.807, 2.05) is 24.3 Å². The molecule has 2 aromatic carbocycles. The molecule has 1 N–H and O–H groups in total. The lowest BCUT2D eigenvalue weighted by atomic mass is 10.2. The third kappa shape index (κ3) is 3.51. The molecule has 0 saturated heterocycles. The maximum Gasteiger partial charge on any atom is 0.262 e. The molecule has 0 unspecified atom stereocenters. The van der Waals surface area contributed by atoms with E-state index in [4.69, 9.17) is 16.3 Å². The van der Waals surface area contributed by atoms with Crippen LogP contribution in [0.5, 0.6) is 5.75 Å². The Balaban J connectivity index is 1.38. The summed E-state index contributed by atoms with van der Waals surface area (Å²) in [5.41, 5.74) is 1.61. The number of aromatic nitrogens is 4. The van der Waals surface area contributed by atoms with E-state index in [0.717, 1.165) is 15.5 Å². The average molecular weight is 386 g/mol. The highest BCUT2D eigenvalue weighted by Gasteiger charge is 2.09. The summed E-state index contributed by atoms with van der Waals surface area (Å²) < 4.78 is 7.05. The summed E-state index contributed by atoms with van der Waals surface area (Å²) in [5.74, 6) is 0.208. The molecule has 0 radical (unpaired) electrons. The van der Waals surface area contributed by atoms with Gasteiger partial charge < -0.3 is 10.1 Å². The van der Waals surface area contributed by atoms with Gasteiger partial charge in [-0.1, -0.05) is 35.1 Å². The van der Waals surface area contributed by atoms with Crippen molar-refractivity contribution in [1.82, 2.24) is 19.8 Å². The van der Waals surface area contributed by atoms with Crippen molar-refractivity contribution in [3.8, 4) is 16.3 Å². The molecule has 0 aliphatic rings. The highest BCUT2D eigenvalue weighted by molar-refractivity contribution is 7.19. The standard InChI is InChI=1S/C17H12ClN5O2S/c18-13-3-1-2-4-14(13)25-9-15(24)20-12-7-5-11(6-8-12)16-22-23-10-19-21-17(23)26-16/h1-8,10H,9H2,(H,20,24). The summed E-state index contributed by atoms with van der Waals surface area (Å²) in [6, 6.07) is 14.4. The van der Waals surface area contributed by atoms with Gasteiger partial charge in [-0.25, -0.2) is 0 Å². The van der Waals surface area contributed by atoms with Gasteiger partial charge in [0.15, 0.2) is 6.61 Å². The van der Waals surface area contributed by atoms with E-state index in [0.29, 0.717) is 16.5 Å². The molecule has 26 heavy (non-hydrogen) atoms. The number of para-hydroxylation sites is 1. The maximum atomic E-state index is 12.0. The molecule has 0 saturated carbocycles. The second-order valence-corrected chi connectivity index (χ2v) is 6.67. The van der Waals surface area contributed by atoms with Crippen LogP contribution < -0.4 is 10.1 Å². The van der Waals surface area contributed by atoms with Gasteiger partial charge in [-0.05, 0) is 36.4 Å². The third-order valence-electron chi connectivity index (χ3n) is 3.50.